The summed E-state index contributed by atoms with van der Waals surface area (Å²) in [6, 6.07) is 61.5. The molecule has 4 nitrogen and oxygen atoms in total. The summed E-state index contributed by atoms with van der Waals surface area (Å²) in [4.78, 5) is 3.67. The van der Waals surface area contributed by atoms with Crippen molar-refractivity contribution in [2.75, 3.05) is 11.9 Å². The molecular weight excluding hydrogens is 727 g/mol. The second-order valence-corrected chi connectivity index (χ2v) is 16.4. The summed E-state index contributed by atoms with van der Waals surface area (Å²) in [5.74, 6) is 0. The Kier molecular flexibility index (Phi) is 6.63. The Morgan fingerprint density at radius 3 is 2.17 bits per heavy atom. The molecule has 0 fully saturated rings. The highest BCUT2D eigenvalue weighted by Crippen LogP contribution is 2.47. The van der Waals surface area contributed by atoms with Crippen LogP contribution in [0.4, 0.5) is 5.69 Å². The summed E-state index contributed by atoms with van der Waals surface area (Å²) in [6.07, 6.45) is 2.34. The number of hydrogen-bond donors (Lipinski definition) is 2. The van der Waals surface area contributed by atoms with E-state index in [-0.39, 0.29) is 0 Å². The van der Waals surface area contributed by atoms with Gasteiger partial charge in [-0.3, -0.25) is 0 Å². The van der Waals surface area contributed by atoms with Crippen LogP contribution < -0.4 is 5.32 Å². The highest BCUT2D eigenvalue weighted by atomic mass is 32.1. The van der Waals surface area contributed by atoms with Crippen molar-refractivity contribution in [1.29, 1.82) is 0 Å². The van der Waals surface area contributed by atoms with E-state index in [1.54, 1.807) is 0 Å². The third-order valence-electron chi connectivity index (χ3n) is 12.2. The van der Waals surface area contributed by atoms with Gasteiger partial charge in [0.15, 0.2) is 0 Å². The fourth-order valence-electron chi connectivity index (χ4n) is 9.57. The van der Waals surface area contributed by atoms with Crippen molar-refractivity contribution < 1.29 is 4.42 Å². The number of fused-ring (bicyclic) bond motifs is 13. The molecule has 0 aliphatic carbocycles. The Labute approximate surface area is 336 Å². The van der Waals surface area contributed by atoms with Crippen LogP contribution in [-0.4, -0.2) is 16.1 Å². The molecule has 1 aliphatic rings. The number of nitrogens with zero attached hydrogens (tertiary/aromatic N) is 1. The van der Waals surface area contributed by atoms with Gasteiger partial charge < -0.3 is 19.3 Å². The van der Waals surface area contributed by atoms with E-state index in [9.17, 15) is 0 Å². The van der Waals surface area contributed by atoms with E-state index in [0.29, 0.717) is 0 Å². The third-order valence-corrected chi connectivity index (χ3v) is 13.4. The highest BCUT2D eigenvalue weighted by molar-refractivity contribution is 7.26. The van der Waals surface area contributed by atoms with Crippen molar-refractivity contribution in [3.63, 3.8) is 0 Å². The van der Waals surface area contributed by atoms with Crippen LogP contribution in [0.25, 0.3) is 108 Å². The molecule has 0 saturated carbocycles. The van der Waals surface area contributed by atoms with E-state index in [4.69, 9.17) is 4.42 Å². The molecule has 13 rings (SSSR count). The summed E-state index contributed by atoms with van der Waals surface area (Å²) < 4.78 is 12.0. The predicted octanol–water partition coefficient (Wildman–Crippen LogP) is 14.7. The van der Waals surface area contributed by atoms with Gasteiger partial charge in [0.2, 0.25) is 0 Å². The van der Waals surface area contributed by atoms with Gasteiger partial charge in [0.1, 0.15) is 11.2 Å². The van der Waals surface area contributed by atoms with Crippen LogP contribution in [0.2, 0.25) is 0 Å². The van der Waals surface area contributed by atoms with E-state index in [1.165, 1.54) is 69.6 Å². The molecule has 4 aromatic heterocycles. The quantitative estimate of drug-likeness (QED) is 0.188. The minimum Gasteiger partial charge on any atom is -0.456 e. The zero-order chi connectivity index (χ0) is 37.9. The van der Waals surface area contributed by atoms with Crippen LogP contribution >= 0.6 is 11.3 Å². The van der Waals surface area contributed by atoms with Crippen molar-refractivity contribution in [1.82, 2.24) is 9.55 Å². The smallest absolute Gasteiger partial charge is 0.137 e. The fourth-order valence-corrected chi connectivity index (χ4v) is 10.8. The SMILES string of the molecule is C1=C(c2cc(-c3ccccc3)cc3oc4cc(-n5c6ccccc6c6c7sc8ccccc8c7ccc65)ccc4c23)c2ccc3[nH]c(-c4ccccc4)cc3c2NC1. The average Bonchev–Trinajstić information content (AvgIpc) is 4.06. The van der Waals surface area contributed by atoms with Gasteiger partial charge in [0.05, 0.1) is 16.7 Å². The molecule has 5 heterocycles. The maximum atomic E-state index is 6.97. The fraction of sp³-hybridized carbons (Fsp3) is 0.0189. The first kappa shape index (κ1) is 31.8. The summed E-state index contributed by atoms with van der Waals surface area (Å²) in [5, 5.41) is 12.4. The monoisotopic (exact) mass is 759 g/mol. The number of para-hydroxylation sites is 1. The Morgan fingerprint density at radius 1 is 0.517 bits per heavy atom. The number of rotatable bonds is 4. The number of anilines is 1. The van der Waals surface area contributed by atoms with Gasteiger partial charge in [-0.15, -0.1) is 11.3 Å². The van der Waals surface area contributed by atoms with Gasteiger partial charge in [-0.05, 0) is 82.4 Å². The van der Waals surface area contributed by atoms with Gasteiger partial charge in [0.25, 0.3) is 0 Å². The van der Waals surface area contributed by atoms with Crippen molar-refractivity contribution in [2.24, 2.45) is 0 Å². The second-order valence-electron chi connectivity index (χ2n) is 15.3. The largest absolute Gasteiger partial charge is 0.456 e. The summed E-state index contributed by atoms with van der Waals surface area (Å²) in [7, 11) is 0. The Bertz CT molecular complexity index is 3670. The first-order valence-corrected chi connectivity index (χ1v) is 20.6. The molecular formula is C53H33N3OS. The van der Waals surface area contributed by atoms with Crippen LogP contribution in [0, 0.1) is 0 Å². The number of H-pyrrole nitrogens is 1. The molecule has 8 aromatic carbocycles. The number of thiophene rings is 1. The van der Waals surface area contributed by atoms with Crippen molar-refractivity contribution in [3.8, 4) is 28.1 Å². The standard InChI is InChI=1S/C53H33N3OS/c1-3-11-31(12-4-1)33-27-41(35-25-26-54-52-37(35)21-23-43-42(52)30-44(55-43)32-13-5-2-6-14-32)50-40-20-19-34(29-47(40)57-48(50)28-33)56-45-17-9-7-16-39(45)51-46(56)24-22-38-36-15-8-10-18-49(36)58-53(38)51/h1-25,27-30,54-55H,26H2. The van der Waals surface area contributed by atoms with Crippen molar-refractivity contribution >= 4 is 97.4 Å². The van der Waals surface area contributed by atoms with E-state index in [0.717, 1.165) is 62.2 Å². The van der Waals surface area contributed by atoms with Crippen molar-refractivity contribution in [3.05, 3.63) is 187 Å². The zero-order valence-electron chi connectivity index (χ0n) is 31.2. The molecule has 0 atom stereocenters. The van der Waals surface area contributed by atoms with Crippen molar-refractivity contribution in [2.45, 2.75) is 0 Å². The number of benzene rings is 8. The number of nitrogens with one attached hydrogen (secondary N) is 2. The first-order valence-electron chi connectivity index (χ1n) is 19.8. The summed E-state index contributed by atoms with van der Waals surface area (Å²) >= 11 is 1.89. The molecule has 2 N–H and O–H groups in total. The number of aromatic amines is 1. The van der Waals surface area contributed by atoms with Gasteiger partial charge in [-0.1, -0.05) is 115 Å². The van der Waals surface area contributed by atoms with E-state index < -0.39 is 0 Å². The Balaban J connectivity index is 1.03. The molecule has 58 heavy (non-hydrogen) atoms. The molecule has 0 spiro atoms. The molecule has 0 saturated heterocycles. The molecule has 5 heteroatoms. The summed E-state index contributed by atoms with van der Waals surface area (Å²) in [6.45, 7) is 0.727. The second kappa shape index (κ2) is 12.1. The Morgan fingerprint density at radius 2 is 1.29 bits per heavy atom. The summed E-state index contributed by atoms with van der Waals surface area (Å²) in [5.41, 5.74) is 15.7. The maximum Gasteiger partial charge on any atom is 0.137 e. The Hall–Kier alpha value is -7.34. The molecule has 0 unspecified atom stereocenters. The maximum absolute atomic E-state index is 6.97. The lowest BCUT2D eigenvalue weighted by molar-refractivity contribution is 0.669. The minimum absolute atomic E-state index is 0.727. The molecule has 0 bridgehead atoms. The number of furan rings is 1. The molecule has 1 aliphatic heterocycles. The molecule has 0 amide bonds. The third kappa shape index (κ3) is 4.56. The lowest BCUT2D eigenvalue weighted by Gasteiger charge is -2.22. The zero-order valence-corrected chi connectivity index (χ0v) is 32.0. The highest BCUT2D eigenvalue weighted by Gasteiger charge is 2.24. The van der Waals surface area contributed by atoms with Crippen LogP contribution in [0.5, 0.6) is 0 Å². The van der Waals surface area contributed by atoms with Crippen LogP contribution in [-0.2, 0) is 0 Å². The molecule has 12 aromatic rings. The van der Waals surface area contributed by atoms with E-state index >= 15 is 0 Å². The van der Waals surface area contributed by atoms with Crippen LogP contribution in [0.1, 0.15) is 11.1 Å². The van der Waals surface area contributed by atoms with E-state index in [2.05, 4.69) is 191 Å². The van der Waals surface area contributed by atoms with Crippen LogP contribution in [0.3, 0.4) is 0 Å². The topological polar surface area (TPSA) is 45.9 Å². The number of aromatic nitrogens is 2. The average molecular weight is 760 g/mol. The first-order chi connectivity index (χ1) is 28.7. The molecule has 0 radical (unpaired) electrons. The van der Waals surface area contributed by atoms with Gasteiger partial charge in [-0.2, -0.15) is 0 Å². The minimum atomic E-state index is 0.727. The number of hydrogen-bond acceptors (Lipinski definition) is 3. The lowest BCUT2D eigenvalue weighted by Crippen LogP contribution is -2.09. The van der Waals surface area contributed by atoms with Gasteiger partial charge >= 0.3 is 0 Å². The molecule has 272 valence electrons. The van der Waals surface area contributed by atoms with Gasteiger partial charge in [0, 0.05) is 82.2 Å². The van der Waals surface area contributed by atoms with Crippen LogP contribution in [0.15, 0.2) is 180 Å². The predicted molar refractivity (Wildman–Crippen MR) is 246 cm³/mol. The normalized spacial score (nSPS) is 13.0. The van der Waals surface area contributed by atoms with Gasteiger partial charge in [-0.25, -0.2) is 0 Å². The van der Waals surface area contributed by atoms with E-state index in [1.807, 2.05) is 11.3 Å². The lowest BCUT2D eigenvalue weighted by atomic mass is 9.88.